The van der Waals surface area contributed by atoms with E-state index < -0.39 is 0 Å². The standard InChI is InChI=1S/C18H31NO/c1-13-14(2)16(4)18(17(5)15(13)3)9-7-8-10-19-11-12-20-6/h19H,7-12H2,1-6H3. The van der Waals surface area contributed by atoms with Gasteiger partial charge in [0.25, 0.3) is 0 Å². The number of methoxy groups -OCH3 is 1. The van der Waals surface area contributed by atoms with E-state index in [2.05, 4.69) is 39.9 Å². The molecule has 0 aromatic heterocycles. The molecule has 0 saturated heterocycles. The molecule has 2 nitrogen and oxygen atoms in total. The highest BCUT2D eigenvalue weighted by Crippen LogP contribution is 2.27. The van der Waals surface area contributed by atoms with E-state index in [0.29, 0.717) is 0 Å². The van der Waals surface area contributed by atoms with Crippen LogP contribution in [-0.4, -0.2) is 26.8 Å². The molecule has 0 amide bonds. The lowest BCUT2D eigenvalue weighted by atomic mass is 9.87. The maximum Gasteiger partial charge on any atom is 0.0587 e. The molecule has 114 valence electrons. The van der Waals surface area contributed by atoms with Crippen molar-refractivity contribution in [1.29, 1.82) is 0 Å². The van der Waals surface area contributed by atoms with Gasteiger partial charge in [0.2, 0.25) is 0 Å². The quantitative estimate of drug-likeness (QED) is 0.730. The predicted octanol–water partition coefficient (Wildman–Crippen LogP) is 3.79. The fourth-order valence-corrected chi connectivity index (χ4v) is 2.80. The van der Waals surface area contributed by atoms with Crippen LogP contribution in [0.1, 0.15) is 46.2 Å². The summed E-state index contributed by atoms with van der Waals surface area (Å²) in [6.45, 7) is 14.2. The molecule has 0 heterocycles. The number of benzene rings is 1. The van der Waals surface area contributed by atoms with Crippen LogP contribution in [0.15, 0.2) is 0 Å². The third-order valence-corrected chi connectivity index (χ3v) is 4.67. The Hall–Kier alpha value is -0.860. The minimum Gasteiger partial charge on any atom is -0.383 e. The fourth-order valence-electron chi connectivity index (χ4n) is 2.80. The lowest BCUT2D eigenvalue weighted by molar-refractivity contribution is 0.199. The first-order chi connectivity index (χ1) is 9.50. The first-order valence-corrected chi connectivity index (χ1v) is 7.76. The van der Waals surface area contributed by atoms with E-state index in [1.807, 2.05) is 0 Å². The van der Waals surface area contributed by atoms with Crippen LogP contribution in [0.3, 0.4) is 0 Å². The van der Waals surface area contributed by atoms with E-state index in [1.165, 1.54) is 47.1 Å². The Balaban J connectivity index is 2.52. The van der Waals surface area contributed by atoms with E-state index in [4.69, 9.17) is 4.74 Å². The second-order valence-corrected chi connectivity index (χ2v) is 5.80. The zero-order valence-electron chi connectivity index (χ0n) is 14.2. The molecule has 1 N–H and O–H groups in total. The number of ether oxygens (including phenoxy) is 1. The maximum atomic E-state index is 5.02. The van der Waals surface area contributed by atoms with Crippen molar-refractivity contribution in [3.8, 4) is 0 Å². The van der Waals surface area contributed by atoms with E-state index >= 15 is 0 Å². The fraction of sp³-hybridized carbons (Fsp3) is 0.667. The van der Waals surface area contributed by atoms with Gasteiger partial charge in [-0.15, -0.1) is 0 Å². The summed E-state index contributed by atoms with van der Waals surface area (Å²) < 4.78 is 5.02. The third-order valence-electron chi connectivity index (χ3n) is 4.67. The van der Waals surface area contributed by atoms with E-state index in [0.717, 1.165) is 19.7 Å². The van der Waals surface area contributed by atoms with Crippen LogP contribution in [0, 0.1) is 34.6 Å². The normalized spacial score (nSPS) is 11.1. The van der Waals surface area contributed by atoms with Crippen molar-refractivity contribution in [3.63, 3.8) is 0 Å². The Labute approximate surface area is 124 Å². The molecule has 0 aliphatic carbocycles. The van der Waals surface area contributed by atoms with Gasteiger partial charge in [0, 0.05) is 13.7 Å². The molecule has 0 unspecified atom stereocenters. The second-order valence-electron chi connectivity index (χ2n) is 5.80. The van der Waals surface area contributed by atoms with Gasteiger partial charge in [-0.05, 0) is 93.8 Å². The highest BCUT2D eigenvalue weighted by atomic mass is 16.5. The Morgan fingerprint density at radius 3 is 1.85 bits per heavy atom. The zero-order chi connectivity index (χ0) is 15.1. The molecule has 0 atom stereocenters. The van der Waals surface area contributed by atoms with Gasteiger partial charge in [-0.3, -0.25) is 0 Å². The van der Waals surface area contributed by atoms with Gasteiger partial charge in [-0.2, -0.15) is 0 Å². The SMILES string of the molecule is COCCNCCCCc1c(C)c(C)c(C)c(C)c1C. The van der Waals surface area contributed by atoms with Gasteiger partial charge in [0.15, 0.2) is 0 Å². The average Bonchev–Trinajstić information content (AvgIpc) is 2.45. The van der Waals surface area contributed by atoms with Gasteiger partial charge < -0.3 is 10.1 Å². The van der Waals surface area contributed by atoms with Crippen molar-refractivity contribution < 1.29 is 4.74 Å². The van der Waals surface area contributed by atoms with Crippen molar-refractivity contribution in [2.24, 2.45) is 0 Å². The molecule has 0 spiro atoms. The number of hydrogen-bond acceptors (Lipinski definition) is 2. The zero-order valence-corrected chi connectivity index (χ0v) is 14.2. The largest absolute Gasteiger partial charge is 0.383 e. The van der Waals surface area contributed by atoms with Crippen molar-refractivity contribution in [2.45, 2.75) is 53.9 Å². The Bertz CT molecular complexity index is 409. The minimum atomic E-state index is 0.800. The lowest BCUT2D eigenvalue weighted by Crippen LogP contribution is -2.20. The van der Waals surface area contributed by atoms with Crippen molar-refractivity contribution in [3.05, 3.63) is 33.4 Å². The van der Waals surface area contributed by atoms with Crippen LogP contribution in [-0.2, 0) is 11.2 Å². The Kier molecular flexibility index (Phi) is 7.25. The molecule has 1 aromatic rings. The summed E-state index contributed by atoms with van der Waals surface area (Å²) >= 11 is 0. The van der Waals surface area contributed by atoms with Crippen LogP contribution >= 0.6 is 0 Å². The summed E-state index contributed by atoms with van der Waals surface area (Å²) in [7, 11) is 1.75. The highest BCUT2D eigenvalue weighted by molar-refractivity contribution is 5.49. The number of rotatable bonds is 8. The van der Waals surface area contributed by atoms with E-state index in [-0.39, 0.29) is 0 Å². The molecule has 0 fully saturated rings. The van der Waals surface area contributed by atoms with Crippen LogP contribution < -0.4 is 5.32 Å². The third kappa shape index (κ3) is 4.32. The smallest absolute Gasteiger partial charge is 0.0587 e. The van der Waals surface area contributed by atoms with Gasteiger partial charge in [-0.1, -0.05) is 0 Å². The molecule has 0 aliphatic rings. The topological polar surface area (TPSA) is 21.3 Å². The summed E-state index contributed by atoms with van der Waals surface area (Å²) in [5.74, 6) is 0. The predicted molar refractivity (Wildman–Crippen MR) is 87.8 cm³/mol. The number of nitrogens with one attached hydrogen (secondary N) is 1. The molecule has 2 heteroatoms. The Morgan fingerprint density at radius 1 is 0.750 bits per heavy atom. The summed E-state index contributed by atoms with van der Waals surface area (Å²) in [5, 5.41) is 3.41. The summed E-state index contributed by atoms with van der Waals surface area (Å²) in [4.78, 5) is 0. The number of unbranched alkanes of at least 4 members (excludes halogenated alkanes) is 1. The molecular weight excluding hydrogens is 246 g/mol. The van der Waals surface area contributed by atoms with Gasteiger partial charge >= 0.3 is 0 Å². The van der Waals surface area contributed by atoms with Crippen LogP contribution in [0.5, 0.6) is 0 Å². The van der Waals surface area contributed by atoms with Crippen LogP contribution in [0.25, 0.3) is 0 Å². The lowest BCUT2D eigenvalue weighted by Gasteiger charge is -2.18. The first kappa shape index (κ1) is 17.2. The van der Waals surface area contributed by atoms with Gasteiger partial charge in [0.05, 0.1) is 6.61 Å². The molecular formula is C18H31NO. The minimum absolute atomic E-state index is 0.800. The molecule has 1 aromatic carbocycles. The maximum absolute atomic E-state index is 5.02. The molecule has 0 radical (unpaired) electrons. The summed E-state index contributed by atoms with van der Waals surface area (Å²) in [6, 6.07) is 0. The monoisotopic (exact) mass is 277 g/mol. The van der Waals surface area contributed by atoms with E-state index in [9.17, 15) is 0 Å². The van der Waals surface area contributed by atoms with Crippen LogP contribution in [0.4, 0.5) is 0 Å². The highest BCUT2D eigenvalue weighted by Gasteiger charge is 2.11. The van der Waals surface area contributed by atoms with Crippen LogP contribution in [0.2, 0.25) is 0 Å². The number of hydrogen-bond donors (Lipinski definition) is 1. The Morgan fingerprint density at radius 2 is 1.30 bits per heavy atom. The molecule has 0 aliphatic heterocycles. The second kappa shape index (κ2) is 8.43. The van der Waals surface area contributed by atoms with E-state index in [1.54, 1.807) is 12.7 Å². The van der Waals surface area contributed by atoms with Gasteiger partial charge in [-0.25, -0.2) is 0 Å². The molecule has 20 heavy (non-hydrogen) atoms. The van der Waals surface area contributed by atoms with Crippen molar-refractivity contribution in [1.82, 2.24) is 5.32 Å². The van der Waals surface area contributed by atoms with Gasteiger partial charge in [0.1, 0.15) is 0 Å². The summed E-state index contributed by atoms with van der Waals surface area (Å²) in [6.07, 6.45) is 3.68. The molecule has 0 saturated carbocycles. The first-order valence-electron chi connectivity index (χ1n) is 7.76. The average molecular weight is 277 g/mol. The molecule has 1 rings (SSSR count). The van der Waals surface area contributed by atoms with Crippen molar-refractivity contribution >= 4 is 0 Å². The van der Waals surface area contributed by atoms with Crippen molar-refractivity contribution in [2.75, 3.05) is 26.8 Å². The molecule has 0 bridgehead atoms. The summed E-state index contributed by atoms with van der Waals surface area (Å²) in [5.41, 5.74) is 8.98.